The van der Waals surface area contributed by atoms with Crippen molar-refractivity contribution in [3.8, 4) is 5.75 Å². The zero-order valence-electron chi connectivity index (χ0n) is 15.1. The minimum atomic E-state index is -0.228. The lowest BCUT2D eigenvalue weighted by molar-refractivity contribution is -0.116. The van der Waals surface area contributed by atoms with E-state index in [1.54, 1.807) is 18.2 Å². The van der Waals surface area contributed by atoms with Crippen molar-refractivity contribution < 1.29 is 14.3 Å². The van der Waals surface area contributed by atoms with Crippen LogP contribution in [0.4, 0.5) is 5.69 Å². The summed E-state index contributed by atoms with van der Waals surface area (Å²) in [5.41, 5.74) is 3.52. The van der Waals surface area contributed by atoms with Crippen molar-refractivity contribution in [2.24, 2.45) is 0 Å². The number of benzene rings is 2. The highest BCUT2D eigenvalue weighted by Gasteiger charge is 2.27. The summed E-state index contributed by atoms with van der Waals surface area (Å²) in [6.45, 7) is 8.27. The minimum absolute atomic E-state index is 0.0244. The number of ketones is 1. The van der Waals surface area contributed by atoms with Gasteiger partial charge in [0.1, 0.15) is 5.75 Å². The van der Waals surface area contributed by atoms with Crippen LogP contribution < -0.4 is 10.1 Å². The lowest BCUT2D eigenvalue weighted by Crippen LogP contribution is -2.13. The molecule has 3 rings (SSSR count). The van der Waals surface area contributed by atoms with Gasteiger partial charge in [-0.2, -0.15) is 0 Å². The van der Waals surface area contributed by atoms with Gasteiger partial charge in [0, 0.05) is 11.3 Å². The van der Waals surface area contributed by atoms with Crippen LogP contribution in [0.2, 0.25) is 0 Å². The lowest BCUT2D eigenvalue weighted by atomic mass is 9.87. The molecule has 1 atom stereocenters. The fourth-order valence-electron chi connectivity index (χ4n) is 2.87. The molecule has 0 fully saturated rings. The first kappa shape index (κ1) is 17.2. The van der Waals surface area contributed by atoms with Crippen LogP contribution in [0.25, 0.3) is 0 Å². The number of rotatable bonds is 4. The first-order valence-corrected chi connectivity index (χ1v) is 8.47. The fourth-order valence-corrected chi connectivity index (χ4v) is 2.87. The Balaban J connectivity index is 1.67. The largest absolute Gasteiger partial charge is 0.485 e. The third-order valence-corrected chi connectivity index (χ3v) is 4.58. The van der Waals surface area contributed by atoms with Gasteiger partial charge < -0.3 is 10.1 Å². The molecular weight excluding hydrogens is 314 g/mol. The maximum absolute atomic E-state index is 12.4. The Morgan fingerprint density at radius 1 is 1.12 bits per heavy atom. The van der Waals surface area contributed by atoms with Crippen molar-refractivity contribution in [2.75, 3.05) is 11.9 Å². The molecule has 1 heterocycles. The van der Waals surface area contributed by atoms with E-state index in [1.807, 2.05) is 31.2 Å². The molecule has 0 unspecified atom stereocenters. The van der Waals surface area contributed by atoms with E-state index in [9.17, 15) is 9.59 Å². The van der Waals surface area contributed by atoms with Crippen molar-refractivity contribution in [3.63, 3.8) is 0 Å². The highest BCUT2D eigenvalue weighted by Crippen LogP contribution is 2.32. The monoisotopic (exact) mass is 337 g/mol. The van der Waals surface area contributed by atoms with E-state index in [2.05, 4.69) is 26.1 Å². The summed E-state index contributed by atoms with van der Waals surface area (Å²) >= 11 is 0. The van der Waals surface area contributed by atoms with Gasteiger partial charge in [-0.25, -0.2) is 0 Å². The average molecular weight is 337 g/mol. The summed E-state index contributed by atoms with van der Waals surface area (Å²) in [6.07, 6.45) is 0. The second kappa shape index (κ2) is 6.36. The standard InChI is InChI=1S/C21H23NO3/c1-13-17-11-14(5-10-18(17)22-20(13)24)19(23)12-25-16-8-6-15(7-9-16)21(2,3)4/h5-11,13H,12H2,1-4H3,(H,22,24)/t13-/m1/s1. The van der Waals surface area contributed by atoms with E-state index in [4.69, 9.17) is 4.74 Å². The molecule has 130 valence electrons. The Morgan fingerprint density at radius 2 is 1.80 bits per heavy atom. The molecule has 1 aliphatic rings. The van der Waals surface area contributed by atoms with Crippen molar-refractivity contribution in [3.05, 3.63) is 59.2 Å². The molecule has 1 amide bonds. The first-order valence-electron chi connectivity index (χ1n) is 8.47. The van der Waals surface area contributed by atoms with Gasteiger partial charge in [0.25, 0.3) is 0 Å². The number of Topliss-reactive ketones (excluding diaryl/α,β-unsaturated/α-hetero) is 1. The van der Waals surface area contributed by atoms with Gasteiger partial charge in [0.15, 0.2) is 12.4 Å². The van der Waals surface area contributed by atoms with Gasteiger partial charge in [-0.15, -0.1) is 0 Å². The third-order valence-electron chi connectivity index (χ3n) is 4.58. The van der Waals surface area contributed by atoms with Crippen LogP contribution in [-0.4, -0.2) is 18.3 Å². The summed E-state index contributed by atoms with van der Waals surface area (Å²) < 4.78 is 5.63. The van der Waals surface area contributed by atoms with Gasteiger partial charge in [0.2, 0.25) is 5.91 Å². The van der Waals surface area contributed by atoms with E-state index >= 15 is 0 Å². The number of carbonyl (C=O) groups is 2. The third kappa shape index (κ3) is 3.58. The normalized spacial score (nSPS) is 16.3. The molecule has 0 aliphatic carbocycles. The Morgan fingerprint density at radius 3 is 2.44 bits per heavy atom. The van der Waals surface area contributed by atoms with Gasteiger partial charge in [-0.1, -0.05) is 32.9 Å². The van der Waals surface area contributed by atoms with Crippen LogP contribution in [-0.2, 0) is 10.2 Å². The number of carbonyl (C=O) groups excluding carboxylic acids is 2. The number of hydrogen-bond acceptors (Lipinski definition) is 3. The number of ether oxygens (including phenoxy) is 1. The lowest BCUT2D eigenvalue weighted by Gasteiger charge is -2.19. The fraction of sp³-hybridized carbons (Fsp3) is 0.333. The molecule has 25 heavy (non-hydrogen) atoms. The predicted octanol–water partition coefficient (Wildman–Crippen LogP) is 4.30. The average Bonchev–Trinajstić information content (AvgIpc) is 2.86. The van der Waals surface area contributed by atoms with Crippen molar-refractivity contribution in [1.82, 2.24) is 0 Å². The van der Waals surface area contributed by atoms with E-state index in [0.717, 1.165) is 11.3 Å². The maximum Gasteiger partial charge on any atom is 0.231 e. The molecule has 1 aliphatic heterocycles. The molecule has 2 aromatic carbocycles. The number of nitrogens with one attached hydrogen (secondary N) is 1. The molecule has 0 radical (unpaired) electrons. The minimum Gasteiger partial charge on any atom is -0.485 e. The van der Waals surface area contributed by atoms with Gasteiger partial charge in [-0.3, -0.25) is 9.59 Å². The topological polar surface area (TPSA) is 55.4 Å². The van der Waals surface area contributed by atoms with E-state index < -0.39 is 0 Å². The van der Waals surface area contributed by atoms with Crippen molar-refractivity contribution in [1.29, 1.82) is 0 Å². The number of amides is 1. The van der Waals surface area contributed by atoms with Crippen molar-refractivity contribution >= 4 is 17.4 Å². The quantitative estimate of drug-likeness (QED) is 0.846. The summed E-state index contributed by atoms with van der Waals surface area (Å²) in [5, 5.41) is 2.81. The Labute approximate surface area is 148 Å². The molecule has 1 N–H and O–H groups in total. The molecule has 0 spiro atoms. The highest BCUT2D eigenvalue weighted by atomic mass is 16.5. The molecule has 0 saturated heterocycles. The second-order valence-corrected chi connectivity index (χ2v) is 7.50. The molecule has 0 aromatic heterocycles. The number of fused-ring (bicyclic) bond motifs is 1. The summed E-state index contributed by atoms with van der Waals surface area (Å²) in [6, 6.07) is 13.1. The summed E-state index contributed by atoms with van der Waals surface area (Å²) in [7, 11) is 0. The van der Waals surface area contributed by atoms with E-state index in [1.165, 1.54) is 5.56 Å². The SMILES string of the molecule is C[C@H]1C(=O)Nc2ccc(C(=O)COc3ccc(C(C)(C)C)cc3)cc21. The zero-order valence-corrected chi connectivity index (χ0v) is 15.1. The molecule has 4 nitrogen and oxygen atoms in total. The summed E-state index contributed by atoms with van der Waals surface area (Å²) in [4.78, 5) is 24.1. The Kier molecular flexibility index (Phi) is 4.38. The Bertz CT molecular complexity index is 816. The summed E-state index contributed by atoms with van der Waals surface area (Å²) in [5.74, 6) is 0.311. The van der Waals surface area contributed by atoms with E-state index in [-0.39, 0.29) is 29.6 Å². The second-order valence-electron chi connectivity index (χ2n) is 7.50. The smallest absolute Gasteiger partial charge is 0.231 e. The van der Waals surface area contributed by atoms with Crippen LogP contribution in [0.1, 0.15) is 55.1 Å². The van der Waals surface area contributed by atoms with Gasteiger partial charge in [-0.05, 0) is 53.8 Å². The number of anilines is 1. The van der Waals surface area contributed by atoms with Crippen LogP contribution in [0.3, 0.4) is 0 Å². The van der Waals surface area contributed by atoms with Crippen LogP contribution in [0.15, 0.2) is 42.5 Å². The molecule has 4 heteroatoms. The van der Waals surface area contributed by atoms with Crippen LogP contribution in [0, 0.1) is 0 Å². The predicted molar refractivity (Wildman–Crippen MR) is 98.5 cm³/mol. The molecule has 0 saturated carbocycles. The van der Waals surface area contributed by atoms with Crippen molar-refractivity contribution in [2.45, 2.75) is 39.0 Å². The molecule has 0 bridgehead atoms. The molecule has 2 aromatic rings. The van der Waals surface area contributed by atoms with Crippen LogP contribution >= 0.6 is 0 Å². The van der Waals surface area contributed by atoms with E-state index in [0.29, 0.717) is 11.3 Å². The zero-order chi connectivity index (χ0) is 18.2. The maximum atomic E-state index is 12.4. The Hall–Kier alpha value is -2.62. The highest BCUT2D eigenvalue weighted by molar-refractivity contribution is 6.04. The van der Waals surface area contributed by atoms with Gasteiger partial charge >= 0.3 is 0 Å². The first-order chi connectivity index (χ1) is 11.8. The van der Waals surface area contributed by atoms with Crippen LogP contribution in [0.5, 0.6) is 5.75 Å². The number of hydrogen-bond donors (Lipinski definition) is 1. The molecular formula is C21H23NO3. The van der Waals surface area contributed by atoms with Gasteiger partial charge in [0.05, 0.1) is 5.92 Å².